The van der Waals surface area contributed by atoms with Gasteiger partial charge in [-0.2, -0.15) is 0 Å². The molecule has 2 aromatic rings. The lowest BCUT2D eigenvalue weighted by Gasteiger charge is -2.12. The molecule has 1 amide bonds. The van der Waals surface area contributed by atoms with Crippen LogP contribution in [0.5, 0.6) is 11.5 Å². The van der Waals surface area contributed by atoms with Gasteiger partial charge in [0, 0.05) is 9.26 Å². The minimum absolute atomic E-state index is 0.292. The molecular formula is C20H22INO5. The van der Waals surface area contributed by atoms with Crippen molar-refractivity contribution in [2.45, 2.75) is 20.8 Å². The topological polar surface area (TPSA) is 73.9 Å². The number of aryl methyl sites for hydroxylation is 1. The largest absolute Gasteiger partial charge is 0.490 e. The van der Waals surface area contributed by atoms with Crippen molar-refractivity contribution in [2.75, 3.05) is 25.1 Å². The molecule has 0 saturated carbocycles. The second-order valence-corrected chi connectivity index (χ2v) is 6.86. The highest BCUT2D eigenvalue weighted by Gasteiger charge is 2.14. The number of carbonyl (C=O) groups excluding carboxylic acids is 2. The van der Waals surface area contributed by atoms with Gasteiger partial charge in [-0.15, -0.1) is 0 Å². The molecule has 27 heavy (non-hydrogen) atoms. The van der Waals surface area contributed by atoms with Crippen molar-refractivity contribution in [1.29, 1.82) is 0 Å². The number of halogens is 1. The highest BCUT2D eigenvalue weighted by atomic mass is 127. The average molecular weight is 483 g/mol. The smallest absolute Gasteiger partial charge is 0.338 e. The zero-order valence-corrected chi connectivity index (χ0v) is 17.7. The maximum absolute atomic E-state index is 12.2. The molecule has 144 valence electrons. The van der Waals surface area contributed by atoms with E-state index in [0.29, 0.717) is 36.0 Å². The number of rotatable bonds is 8. The van der Waals surface area contributed by atoms with Crippen molar-refractivity contribution in [2.24, 2.45) is 0 Å². The monoisotopic (exact) mass is 483 g/mol. The second-order valence-electron chi connectivity index (χ2n) is 5.61. The fourth-order valence-electron chi connectivity index (χ4n) is 2.35. The molecule has 2 aromatic carbocycles. The quantitative estimate of drug-likeness (QED) is 0.451. The number of hydrogen-bond donors (Lipinski definition) is 1. The molecule has 2 rings (SSSR count). The third kappa shape index (κ3) is 6.13. The maximum atomic E-state index is 12.2. The van der Waals surface area contributed by atoms with Crippen LogP contribution in [0.15, 0.2) is 36.4 Å². The van der Waals surface area contributed by atoms with Crippen LogP contribution in [0.3, 0.4) is 0 Å². The van der Waals surface area contributed by atoms with Crippen LogP contribution in [0.25, 0.3) is 0 Å². The molecule has 0 aliphatic rings. The first kappa shape index (κ1) is 21.0. The van der Waals surface area contributed by atoms with E-state index in [2.05, 4.69) is 27.9 Å². The number of hydrogen-bond acceptors (Lipinski definition) is 5. The average Bonchev–Trinajstić information content (AvgIpc) is 2.64. The third-order valence-electron chi connectivity index (χ3n) is 3.58. The molecule has 6 nitrogen and oxygen atoms in total. The maximum Gasteiger partial charge on any atom is 0.338 e. The molecular weight excluding hydrogens is 461 g/mol. The highest BCUT2D eigenvalue weighted by Crippen LogP contribution is 2.28. The van der Waals surface area contributed by atoms with E-state index in [-0.39, 0.29) is 6.61 Å². The van der Waals surface area contributed by atoms with E-state index < -0.39 is 11.9 Å². The van der Waals surface area contributed by atoms with Gasteiger partial charge < -0.3 is 19.5 Å². The van der Waals surface area contributed by atoms with Gasteiger partial charge >= 0.3 is 5.97 Å². The summed E-state index contributed by atoms with van der Waals surface area (Å²) in [4.78, 5) is 24.3. The molecule has 0 bridgehead atoms. The number of esters is 1. The number of anilines is 1. The molecule has 0 aliphatic heterocycles. The van der Waals surface area contributed by atoms with Gasteiger partial charge in [-0.25, -0.2) is 4.79 Å². The summed E-state index contributed by atoms with van der Waals surface area (Å²) in [5.74, 6) is 0.0210. The van der Waals surface area contributed by atoms with Crippen LogP contribution in [-0.2, 0) is 9.53 Å². The summed E-state index contributed by atoms with van der Waals surface area (Å²) in [6.45, 7) is 6.17. The van der Waals surface area contributed by atoms with Crippen LogP contribution >= 0.6 is 22.6 Å². The Bertz CT molecular complexity index is 822. The molecule has 0 radical (unpaired) electrons. The SMILES string of the molecule is CCOc1ccc(C(=O)OCC(=O)Nc2ccc(I)cc2C)cc1OCC. The molecule has 0 atom stereocenters. The lowest BCUT2D eigenvalue weighted by atomic mass is 10.2. The molecule has 0 heterocycles. The van der Waals surface area contributed by atoms with E-state index in [1.807, 2.05) is 39.0 Å². The highest BCUT2D eigenvalue weighted by molar-refractivity contribution is 14.1. The third-order valence-corrected chi connectivity index (χ3v) is 4.25. The van der Waals surface area contributed by atoms with Gasteiger partial charge in [0.25, 0.3) is 5.91 Å². The Kier molecular flexibility index (Phi) is 7.90. The number of benzene rings is 2. The lowest BCUT2D eigenvalue weighted by molar-refractivity contribution is -0.119. The first-order valence-corrected chi connectivity index (χ1v) is 9.65. The number of ether oxygens (including phenoxy) is 3. The van der Waals surface area contributed by atoms with Gasteiger partial charge in [0.1, 0.15) is 0 Å². The summed E-state index contributed by atoms with van der Waals surface area (Å²) in [7, 11) is 0. The first-order valence-electron chi connectivity index (χ1n) is 8.57. The Hall–Kier alpha value is -2.29. The van der Waals surface area contributed by atoms with Crippen molar-refractivity contribution in [1.82, 2.24) is 0 Å². The molecule has 0 aromatic heterocycles. The van der Waals surface area contributed by atoms with Crippen LogP contribution < -0.4 is 14.8 Å². The summed E-state index contributed by atoms with van der Waals surface area (Å²) in [6.07, 6.45) is 0. The summed E-state index contributed by atoms with van der Waals surface area (Å²) < 4.78 is 17.2. The Morgan fingerprint density at radius 2 is 1.70 bits per heavy atom. The predicted octanol–water partition coefficient (Wildman–Crippen LogP) is 4.19. The summed E-state index contributed by atoms with van der Waals surface area (Å²) >= 11 is 2.20. The molecule has 0 aliphatic carbocycles. The van der Waals surface area contributed by atoms with Gasteiger partial charge in [0.2, 0.25) is 0 Å². The number of amides is 1. The summed E-state index contributed by atoms with van der Waals surface area (Å²) in [5.41, 5.74) is 1.92. The van der Waals surface area contributed by atoms with E-state index in [0.717, 1.165) is 9.13 Å². The van der Waals surface area contributed by atoms with E-state index in [9.17, 15) is 9.59 Å². The molecule has 0 saturated heterocycles. The normalized spacial score (nSPS) is 10.2. The van der Waals surface area contributed by atoms with E-state index in [1.165, 1.54) is 0 Å². The van der Waals surface area contributed by atoms with Gasteiger partial charge in [0.15, 0.2) is 18.1 Å². The minimum atomic E-state index is -0.603. The fraction of sp³-hybridized carbons (Fsp3) is 0.300. The van der Waals surface area contributed by atoms with Gasteiger partial charge in [-0.1, -0.05) is 0 Å². The Morgan fingerprint density at radius 3 is 2.37 bits per heavy atom. The molecule has 0 fully saturated rings. The van der Waals surface area contributed by atoms with E-state index in [4.69, 9.17) is 14.2 Å². The number of nitrogens with one attached hydrogen (secondary N) is 1. The van der Waals surface area contributed by atoms with Crippen LogP contribution in [0.2, 0.25) is 0 Å². The van der Waals surface area contributed by atoms with E-state index >= 15 is 0 Å². The minimum Gasteiger partial charge on any atom is -0.490 e. The van der Waals surface area contributed by atoms with Crippen molar-refractivity contribution < 1.29 is 23.8 Å². The standard InChI is InChI=1S/C20H22INO5/c1-4-25-17-9-6-14(11-18(17)26-5-2)20(24)27-12-19(23)22-16-8-7-15(21)10-13(16)3/h6-11H,4-5,12H2,1-3H3,(H,22,23). The number of carbonyl (C=O) groups is 2. The molecule has 1 N–H and O–H groups in total. The zero-order chi connectivity index (χ0) is 19.8. The molecule has 7 heteroatoms. The van der Waals surface area contributed by atoms with Gasteiger partial charge in [-0.05, 0) is 85.3 Å². The molecule has 0 unspecified atom stereocenters. The lowest BCUT2D eigenvalue weighted by Crippen LogP contribution is -2.21. The van der Waals surface area contributed by atoms with Gasteiger partial charge in [0.05, 0.1) is 18.8 Å². The van der Waals surface area contributed by atoms with Crippen molar-refractivity contribution >= 4 is 40.2 Å². The first-order chi connectivity index (χ1) is 12.9. The predicted molar refractivity (Wildman–Crippen MR) is 112 cm³/mol. The van der Waals surface area contributed by atoms with Crippen LogP contribution in [0.1, 0.15) is 29.8 Å². The molecule has 0 spiro atoms. The van der Waals surface area contributed by atoms with Crippen molar-refractivity contribution in [3.8, 4) is 11.5 Å². The van der Waals surface area contributed by atoms with Crippen molar-refractivity contribution in [3.63, 3.8) is 0 Å². The summed E-state index contributed by atoms with van der Waals surface area (Å²) in [6, 6.07) is 10.5. The Morgan fingerprint density at radius 1 is 1.00 bits per heavy atom. The van der Waals surface area contributed by atoms with Crippen LogP contribution in [0.4, 0.5) is 5.69 Å². The fourth-order valence-corrected chi connectivity index (χ4v) is 2.99. The van der Waals surface area contributed by atoms with Crippen LogP contribution in [0, 0.1) is 10.5 Å². The Balaban J connectivity index is 1.98. The van der Waals surface area contributed by atoms with E-state index in [1.54, 1.807) is 18.2 Å². The summed E-state index contributed by atoms with van der Waals surface area (Å²) in [5, 5.41) is 2.74. The van der Waals surface area contributed by atoms with Crippen molar-refractivity contribution in [3.05, 3.63) is 51.1 Å². The second kappa shape index (κ2) is 10.1. The Labute approximate surface area is 172 Å². The zero-order valence-electron chi connectivity index (χ0n) is 15.5. The van der Waals surface area contributed by atoms with Gasteiger partial charge in [-0.3, -0.25) is 4.79 Å². The van der Waals surface area contributed by atoms with Crippen LogP contribution in [-0.4, -0.2) is 31.7 Å².